The lowest BCUT2D eigenvalue weighted by Crippen LogP contribution is -2.41. The molecule has 3 nitrogen and oxygen atoms in total. The molecule has 0 saturated carbocycles. The Morgan fingerprint density at radius 2 is 1.82 bits per heavy atom. The topological polar surface area (TPSA) is 44.3 Å². The van der Waals surface area contributed by atoms with Crippen molar-refractivity contribution in [3.8, 4) is 0 Å². The van der Waals surface area contributed by atoms with Crippen LogP contribution in [0.3, 0.4) is 0 Å². The molecule has 0 spiro atoms. The van der Waals surface area contributed by atoms with E-state index in [2.05, 4.69) is 31.4 Å². The van der Waals surface area contributed by atoms with Crippen LogP contribution in [0, 0.1) is 0 Å². The van der Waals surface area contributed by atoms with Gasteiger partial charge >= 0.3 is 0 Å². The smallest absolute Gasteiger partial charge is 0.102 e. The van der Waals surface area contributed by atoms with Crippen LogP contribution >= 0.6 is 0 Å². The van der Waals surface area contributed by atoms with Gasteiger partial charge in [0.1, 0.15) is 6.23 Å². The number of hydrogen-bond donors (Lipinski definition) is 3. The van der Waals surface area contributed by atoms with E-state index in [4.69, 9.17) is 5.11 Å². The van der Waals surface area contributed by atoms with Crippen molar-refractivity contribution in [3.63, 3.8) is 0 Å². The second-order valence-electron chi connectivity index (χ2n) is 3.81. The molecule has 0 rings (SSSR count). The van der Waals surface area contributed by atoms with Gasteiger partial charge in [0.05, 0.1) is 0 Å². The van der Waals surface area contributed by atoms with Gasteiger partial charge in [0.2, 0.25) is 0 Å². The fraction of sp³-hybridized carbons (Fsp3) is 1.00. The van der Waals surface area contributed by atoms with Gasteiger partial charge in [-0.1, -0.05) is 0 Å². The predicted molar refractivity (Wildman–Crippen MR) is 47.4 cm³/mol. The summed E-state index contributed by atoms with van der Waals surface area (Å²) >= 11 is 0. The fourth-order valence-electron chi connectivity index (χ4n) is 0.719. The van der Waals surface area contributed by atoms with Crippen LogP contribution in [0.2, 0.25) is 0 Å². The molecule has 0 aliphatic heterocycles. The minimum Gasteiger partial charge on any atom is -0.379 e. The molecule has 0 fully saturated rings. The number of rotatable bonds is 4. The molecule has 0 amide bonds. The minimum atomic E-state index is -0.406. The van der Waals surface area contributed by atoms with Crippen molar-refractivity contribution in [2.45, 2.75) is 39.5 Å². The maximum absolute atomic E-state index is 8.84. The van der Waals surface area contributed by atoms with Gasteiger partial charge in [-0.2, -0.15) is 0 Å². The Morgan fingerprint density at radius 3 is 2.18 bits per heavy atom. The summed E-state index contributed by atoms with van der Waals surface area (Å²) in [6, 6.07) is 0. The number of nitrogens with one attached hydrogen (secondary N) is 2. The molecule has 11 heavy (non-hydrogen) atoms. The Morgan fingerprint density at radius 1 is 1.27 bits per heavy atom. The Hall–Kier alpha value is -0.120. The van der Waals surface area contributed by atoms with Crippen LogP contribution in [0.4, 0.5) is 0 Å². The molecule has 0 aromatic carbocycles. The standard InChI is InChI=1S/C8H20N2O/c1-7(11)9-5-6-10-8(2,3)4/h7,9-11H,5-6H2,1-4H3. The van der Waals surface area contributed by atoms with Gasteiger partial charge in [0, 0.05) is 18.6 Å². The molecule has 0 aromatic rings. The van der Waals surface area contributed by atoms with Crippen molar-refractivity contribution in [2.24, 2.45) is 0 Å². The molecule has 0 radical (unpaired) electrons. The zero-order valence-corrected chi connectivity index (χ0v) is 7.94. The van der Waals surface area contributed by atoms with Crippen molar-refractivity contribution in [3.05, 3.63) is 0 Å². The summed E-state index contributed by atoms with van der Waals surface area (Å²) in [7, 11) is 0. The molecule has 1 atom stereocenters. The molecular formula is C8H20N2O. The maximum Gasteiger partial charge on any atom is 0.102 e. The highest BCUT2D eigenvalue weighted by Gasteiger charge is 2.06. The summed E-state index contributed by atoms with van der Waals surface area (Å²) in [6.07, 6.45) is -0.406. The van der Waals surface area contributed by atoms with E-state index < -0.39 is 6.23 Å². The van der Waals surface area contributed by atoms with E-state index in [1.54, 1.807) is 6.92 Å². The number of hydrogen-bond acceptors (Lipinski definition) is 3. The lowest BCUT2D eigenvalue weighted by Gasteiger charge is -2.20. The summed E-state index contributed by atoms with van der Waals surface area (Å²) in [4.78, 5) is 0. The maximum atomic E-state index is 8.84. The third kappa shape index (κ3) is 9.88. The third-order valence-electron chi connectivity index (χ3n) is 1.22. The summed E-state index contributed by atoms with van der Waals surface area (Å²) in [6.45, 7) is 9.76. The largest absolute Gasteiger partial charge is 0.379 e. The van der Waals surface area contributed by atoms with Crippen LogP contribution in [0.15, 0.2) is 0 Å². The van der Waals surface area contributed by atoms with Crippen molar-refractivity contribution < 1.29 is 5.11 Å². The second kappa shape index (κ2) is 4.70. The molecule has 0 heterocycles. The van der Waals surface area contributed by atoms with E-state index in [9.17, 15) is 0 Å². The fourth-order valence-corrected chi connectivity index (χ4v) is 0.719. The van der Waals surface area contributed by atoms with Crippen LogP contribution in [-0.4, -0.2) is 30.0 Å². The average Bonchev–Trinajstić information content (AvgIpc) is 1.78. The number of aliphatic hydroxyl groups excluding tert-OH is 1. The van der Waals surface area contributed by atoms with Crippen LogP contribution in [0.1, 0.15) is 27.7 Å². The Kier molecular flexibility index (Phi) is 4.65. The van der Waals surface area contributed by atoms with Crippen molar-refractivity contribution >= 4 is 0 Å². The monoisotopic (exact) mass is 160 g/mol. The van der Waals surface area contributed by atoms with Gasteiger partial charge in [-0.25, -0.2) is 0 Å². The Labute approximate surface area is 69.2 Å². The van der Waals surface area contributed by atoms with Gasteiger partial charge in [-0.15, -0.1) is 0 Å². The van der Waals surface area contributed by atoms with E-state index >= 15 is 0 Å². The predicted octanol–water partition coefficient (Wildman–Crippen LogP) is 0.302. The highest BCUT2D eigenvalue weighted by atomic mass is 16.3. The Balaban J connectivity index is 3.15. The minimum absolute atomic E-state index is 0.167. The molecule has 68 valence electrons. The van der Waals surface area contributed by atoms with Crippen molar-refractivity contribution in [2.75, 3.05) is 13.1 Å². The quantitative estimate of drug-likeness (QED) is 0.409. The summed E-state index contributed by atoms with van der Waals surface area (Å²) in [5.41, 5.74) is 0.167. The molecule has 0 aliphatic rings. The highest BCUT2D eigenvalue weighted by Crippen LogP contribution is 1.96. The lowest BCUT2D eigenvalue weighted by atomic mass is 10.1. The molecule has 0 bridgehead atoms. The summed E-state index contributed by atoms with van der Waals surface area (Å²) < 4.78 is 0. The normalized spacial score (nSPS) is 15.0. The van der Waals surface area contributed by atoms with E-state index in [-0.39, 0.29) is 5.54 Å². The lowest BCUT2D eigenvalue weighted by molar-refractivity contribution is 0.156. The van der Waals surface area contributed by atoms with Crippen LogP contribution in [0.25, 0.3) is 0 Å². The van der Waals surface area contributed by atoms with Gasteiger partial charge < -0.3 is 10.4 Å². The molecule has 0 aliphatic carbocycles. The molecule has 3 heteroatoms. The zero-order chi connectivity index (χ0) is 8.91. The third-order valence-corrected chi connectivity index (χ3v) is 1.22. The van der Waals surface area contributed by atoms with Crippen LogP contribution in [-0.2, 0) is 0 Å². The molecule has 0 aromatic heterocycles. The molecule has 1 unspecified atom stereocenters. The molecular weight excluding hydrogens is 140 g/mol. The molecule has 3 N–H and O–H groups in total. The molecule has 0 saturated heterocycles. The average molecular weight is 160 g/mol. The van der Waals surface area contributed by atoms with E-state index in [0.29, 0.717) is 0 Å². The first-order valence-corrected chi connectivity index (χ1v) is 4.08. The summed E-state index contributed by atoms with van der Waals surface area (Å²) in [5, 5.41) is 15.1. The van der Waals surface area contributed by atoms with E-state index in [1.165, 1.54) is 0 Å². The second-order valence-corrected chi connectivity index (χ2v) is 3.81. The number of aliphatic hydroxyl groups is 1. The van der Waals surface area contributed by atoms with Crippen LogP contribution in [0.5, 0.6) is 0 Å². The van der Waals surface area contributed by atoms with Gasteiger partial charge in [-0.3, -0.25) is 5.32 Å². The van der Waals surface area contributed by atoms with Crippen molar-refractivity contribution in [1.82, 2.24) is 10.6 Å². The summed E-state index contributed by atoms with van der Waals surface area (Å²) in [5.74, 6) is 0. The van der Waals surface area contributed by atoms with Gasteiger partial charge in [-0.05, 0) is 27.7 Å². The van der Waals surface area contributed by atoms with Crippen molar-refractivity contribution in [1.29, 1.82) is 0 Å². The first kappa shape index (κ1) is 10.9. The van der Waals surface area contributed by atoms with E-state index in [0.717, 1.165) is 13.1 Å². The van der Waals surface area contributed by atoms with Gasteiger partial charge in [0.15, 0.2) is 0 Å². The van der Waals surface area contributed by atoms with Gasteiger partial charge in [0.25, 0.3) is 0 Å². The van der Waals surface area contributed by atoms with Crippen LogP contribution < -0.4 is 10.6 Å². The zero-order valence-electron chi connectivity index (χ0n) is 7.94. The van der Waals surface area contributed by atoms with E-state index in [1.807, 2.05) is 0 Å². The first-order chi connectivity index (χ1) is 4.92. The SMILES string of the molecule is CC(O)NCCNC(C)(C)C. The Bertz CT molecular complexity index is 96.8. The highest BCUT2D eigenvalue weighted by molar-refractivity contribution is 4.70. The first-order valence-electron chi connectivity index (χ1n) is 4.08.